The zero-order valence-corrected chi connectivity index (χ0v) is 14.4. The van der Waals surface area contributed by atoms with E-state index in [1.54, 1.807) is 31.2 Å². The van der Waals surface area contributed by atoms with E-state index >= 15 is 0 Å². The summed E-state index contributed by atoms with van der Waals surface area (Å²) in [6, 6.07) is 11.3. The minimum atomic E-state index is -0.874. The van der Waals surface area contributed by atoms with Gasteiger partial charge >= 0.3 is 5.97 Å². The fraction of sp³-hybridized carbons (Fsp3) is 0.118. The summed E-state index contributed by atoms with van der Waals surface area (Å²) in [6.07, 6.45) is 0. The molecule has 0 saturated carbocycles. The monoisotopic (exact) mass is 375 g/mol. The van der Waals surface area contributed by atoms with Gasteiger partial charge in [0.1, 0.15) is 0 Å². The minimum Gasteiger partial charge on any atom is -0.505 e. The maximum atomic E-state index is 12.1. The number of aliphatic hydroxyl groups excluding tert-OH is 1. The van der Waals surface area contributed by atoms with Crippen LogP contribution in [0, 0.1) is 10.1 Å². The molecule has 0 bridgehead atoms. The van der Waals surface area contributed by atoms with Gasteiger partial charge in [-0.05, 0) is 43.3 Å². The third-order valence-electron chi connectivity index (χ3n) is 3.14. The number of nitro benzene ring substituents is 1. The number of nitro groups is 1. The summed E-state index contributed by atoms with van der Waals surface area (Å²) in [7, 11) is 0. The van der Waals surface area contributed by atoms with E-state index in [9.17, 15) is 20.0 Å². The predicted molar refractivity (Wildman–Crippen MR) is 95.2 cm³/mol. The second-order valence-electron chi connectivity index (χ2n) is 4.90. The average molecular weight is 376 g/mol. The Bertz CT molecular complexity index is 861. The van der Waals surface area contributed by atoms with Crippen LogP contribution in [0.1, 0.15) is 12.5 Å². The summed E-state index contributed by atoms with van der Waals surface area (Å²) in [5, 5.41) is 29.2. The first kappa shape index (κ1) is 19.1. The van der Waals surface area contributed by atoms with Crippen LogP contribution in [0.25, 0.3) is 5.76 Å². The highest BCUT2D eigenvalue weighted by atomic mass is 35.5. The number of nitrogens with zero attached hydrogens (tertiary/aromatic N) is 3. The maximum absolute atomic E-state index is 12.1. The predicted octanol–water partition coefficient (Wildman–Crippen LogP) is 4.82. The number of non-ortho nitro benzene ring substituents is 1. The molecule has 0 aliphatic carbocycles. The number of hydrogen-bond donors (Lipinski definition) is 1. The zero-order chi connectivity index (χ0) is 19.1. The van der Waals surface area contributed by atoms with Gasteiger partial charge < -0.3 is 9.84 Å². The van der Waals surface area contributed by atoms with Crippen molar-refractivity contribution in [1.82, 2.24) is 0 Å². The quantitative estimate of drug-likeness (QED) is 0.194. The summed E-state index contributed by atoms with van der Waals surface area (Å²) in [5.74, 6) is -1.38. The molecule has 0 spiro atoms. The van der Waals surface area contributed by atoms with Gasteiger partial charge in [0, 0.05) is 22.7 Å². The Balaban J connectivity index is 2.41. The number of esters is 1. The third-order valence-corrected chi connectivity index (χ3v) is 3.39. The number of carbonyl (C=O) groups excluding carboxylic acids is 1. The molecule has 0 aliphatic heterocycles. The summed E-state index contributed by atoms with van der Waals surface area (Å²) in [4.78, 5) is 22.2. The van der Waals surface area contributed by atoms with Gasteiger partial charge in [0.2, 0.25) is 5.70 Å². The number of aliphatic hydroxyl groups is 1. The molecular weight excluding hydrogens is 362 g/mol. The van der Waals surface area contributed by atoms with Crippen molar-refractivity contribution in [3.05, 3.63) is 74.9 Å². The van der Waals surface area contributed by atoms with E-state index in [0.29, 0.717) is 10.7 Å². The molecule has 0 saturated heterocycles. The Morgan fingerprint density at radius 1 is 1.19 bits per heavy atom. The van der Waals surface area contributed by atoms with E-state index in [4.69, 9.17) is 16.3 Å². The normalized spacial score (nSPS) is 11.9. The standard InChI is InChI=1S/C17H14ClN3O5/c1-2-26-17(23)15(20-19-13-7-5-12(18)6-8-13)16(22)11-3-9-14(10-4-11)21(24)25/h3-10,22H,2H2,1H3/b16-15+,20-19?. The highest BCUT2D eigenvalue weighted by molar-refractivity contribution is 6.30. The van der Waals surface area contributed by atoms with Crippen LogP contribution in [-0.2, 0) is 9.53 Å². The number of hydrogen-bond acceptors (Lipinski definition) is 7. The molecule has 8 nitrogen and oxygen atoms in total. The van der Waals surface area contributed by atoms with E-state index in [2.05, 4.69) is 10.2 Å². The van der Waals surface area contributed by atoms with Crippen molar-refractivity contribution < 1.29 is 19.6 Å². The third kappa shape index (κ3) is 4.87. The largest absolute Gasteiger partial charge is 0.505 e. The van der Waals surface area contributed by atoms with E-state index in [-0.39, 0.29) is 17.9 Å². The molecule has 2 aromatic rings. The number of ether oxygens (including phenoxy) is 1. The van der Waals surface area contributed by atoms with Crippen LogP contribution >= 0.6 is 11.6 Å². The Morgan fingerprint density at radius 3 is 2.35 bits per heavy atom. The molecule has 0 fully saturated rings. The van der Waals surface area contributed by atoms with Crippen LogP contribution in [-0.4, -0.2) is 22.6 Å². The van der Waals surface area contributed by atoms with Gasteiger partial charge in [0.05, 0.1) is 17.2 Å². The lowest BCUT2D eigenvalue weighted by Gasteiger charge is -2.06. The molecule has 9 heteroatoms. The summed E-state index contributed by atoms with van der Waals surface area (Å²) < 4.78 is 4.88. The molecule has 26 heavy (non-hydrogen) atoms. The molecule has 0 heterocycles. The van der Waals surface area contributed by atoms with Gasteiger partial charge in [-0.25, -0.2) is 4.79 Å². The lowest BCUT2D eigenvalue weighted by atomic mass is 10.1. The van der Waals surface area contributed by atoms with Crippen molar-refractivity contribution in [2.75, 3.05) is 6.61 Å². The smallest absolute Gasteiger partial charge is 0.362 e. The fourth-order valence-corrected chi connectivity index (χ4v) is 2.00. The van der Waals surface area contributed by atoms with Gasteiger partial charge in [0.25, 0.3) is 5.69 Å². The Morgan fingerprint density at radius 2 is 1.81 bits per heavy atom. The maximum Gasteiger partial charge on any atom is 0.362 e. The van der Waals surface area contributed by atoms with Crippen molar-refractivity contribution in [3.63, 3.8) is 0 Å². The molecular formula is C17H14ClN3O5. The van der Waals surface area contributed by atoms with Crippen LogP contribution in [0.5, 0.6) is 0 Å². The van der Waals surface area contributed by atoms with E-state index in [1.165, 1.54) is 24.3 Å². The van der Waals surface area contributed by atoms with Gasteiger partial charge in [0.15, 0.2) is 5.76 Å². The lowest BCUT2D eigenvalue weighted by Crippen LogP contribution is -2.08. The summed E-state index contributed by atoms with van der Waals surface area (Å²) in [6.45, 7) is 1.68. The lowest BCUT2D eigenvalue weighted by molar-refractivity contribution is -0.384. The summed E-state index contributed by atoms with van der Waals surface area (Å²) >= 11 is 5.79. The highest BCUT2D eigenvalue weighted by Crippen LogP contribution is 2.23. The molecule has 2 aromatic carbocycles. The molecule has 0 aliphatic rings. The van der Waals surface area contributed by atoms with Crippen molar-refractivity contribution in [3.8, 4) is 0 Å². The molecule has 0 atom stereocenters. The molecule has 134 valence electrons. The number of rotatable bonds is 6. The van der Waals surface area contributed by atoms with Crippen LogP contribution in [0.3, 0.4) is 0 Å². The van der Waals surface area contributed by atoms with Crippen LogP contribution in [0.2, 0.25) is 5.02 Å². The summed E-state index contributed by atoms with van der Waals surface area (Å²) in [5.41, 5.74) is -0.000847. The Hall–Kier alpha value is -3.26. The molecule has 1 N–H and O–H groups in total. The van der Waals surface area contributed by atoms with Crippen molar-refractivity contribution >= 4 is 34.7 Å². The topological polar surface area (TPSA) is 114 Å². The van der Waals surface area contributed by atoms with Crippen LogP contribution in [0.15, 0.2) is 64.5 Å². The van der Waals surface area contributed by atoms with E-state index < -0.39 is 22.3 Å². The fourth-order valence-electron chi connectivity index (χ4n) is 1.88. The molecule has 0 unspecified atom stereocenters. The minimum absolute atomic E-state index is 0.0757. The Kier molecular flexibility index (Phi) is 6.40. The molecule has 0 amide bonds. The van der Waals surface area contributed by atoms with Crippen molar-refractivity contribution in [1.29, 1.82) is 0 Å². The second-order valence-corrected chi connectivity index (χ2v) is 5.33. The van der Waals surface area contributed by atoms with Gasteiger partial charge in [-0.3, -0.25) is 10.1 Å². The van der Waals surface area contributed by atoms with Gasteiger partial charge in [-0.2, -0.15) is 5.11 Å². The number of carbonyl (C=O) groups is 1. The first-order chi connectivity index (χ1) is 12.4. The SMILES string of the molecule is CCOC(=O)/C(N=Nc1ccc(Cl)cc1)=C(\O)c1ccc([N+](=O)[O-])cc1. The van der Waals surface area contributed by atoms with E-state index in [1.807, 2.05) is 0 Å². The van der Waals surface area contributed by atoms with Crippen molar-refractivity contribution in [2.24, 2.45) is 10.2 Å². The Labute approximate surface area is 153 Å². The number of azo groups is 1. The molecule has 0 aromatic heterocycles. The van der Waals surface area contributed by atoms with Crippen LogP contribution < -0.4 is 0 Å². The van der Waals surface area contributed by atoms with E-state index in [0.717, 1.165) is 0 Å². The first-order valence-electron chi connectivity index (χ1n) is 7.45. The average Bonchev–Trinajstić information content (AvgIpc) is 2.63. The number of benzene rings is 2. The molecule has 0 radical (unpaired) electrons. The molecule has 2 rings (SSSR count). The van der Waals surface area contributed by atoms with Gasteiger partial charge in [-0.15, -0.1) is 5.11 Å². The zero-order valence-electron chi connectivity index (χ0n) is 13.6. The number of halogens is 1. The van der Waals surface area contributed by atoms with Crippen LogP contribution in [0.4, 0.5) is 11.4 Å². The first-order valence-corrected chi connectivity index (χ1v) is 7.82. The van der Waals surface area contributed by atoms with Crippen molar-refractivity contribution in [2.45, 2.75) is 6.92 Å². The second kappa shape index (κ2) is 8.72. The van der Waals surface area contributed by atoms with Gasteiger partial charge in [-0.1, -0.05) is 11.6 Å². The highest BCUT2D eigenvalue weighted by Gasteiger charge is 2.19.